The summed E-state index contributed by atoms with van der Waals surface area (Å²) >= 11 is 0. The highest BCUT2D eigenvalue weighted by atomic mass is 19.1. The average Bonchev–Trinajstić information content (AvgIpc) is 2.88. The van der Waals surface area contributed by atoms with Gasteiger partial charge >= 0.3 is 11.8 Å². The summed E-state index contributed by atoms with van der Waals surface area (Å²) in [5.41, 5.74) is 0.820. The van der Waals surface area contributed by atoms with Gasteiger partial charge in [0.15, 0.2) is 0 Å². The fourth-order valence-corrected chi connectivity index (χ4v) is 1.77. The van der Waals surface area contributed by atoms with Crippen LogP contribution in [0.4, 0.5) is 4.39 Å². The Morgan fingerprint density at radius 3 is 2.43 bits per heavy atom. The van der Waals surface area contributed by atoms with Crippen molar-refractivity contribution in [3.8, 4) is 0 Å². The van der Waals surface area contributed by atoms with Crippen molar-refractivity contribution in [1.29, 1.82) is 0 Å². The minimum Gasteiger partial charge on any atom is -0.415 e. The summed E-state index contributed by atoms with van der Waals surface area (Å²) < 4.78 is 18.2. The maximum absolute atomic E-state index is 12.8. The largest absolute Gasteiger partial charge is 0.415 e. The average molecular weight is 292 g/mol. The van der Waals surface area contributed by atoms with Crippen molar-refractivity contribution < 1.29 is 13.6 Å². The SMILES string of the molecule is CN(C)Cc1nnc(C(=O)N(C)Cc2ccc(F)cc2)o1. The fourth-order valence-electron chi connectivity index (χ4n) is 1.77. The van der Waals surface area contributed by atoms with Gasteiger partial charge in [0.25, 0.3) is 0 Å². The van der Waals surface area contributed by atoms with Gasteiger partial charge in [0.1, 0.15) is 5.82 Å². The molecule has 0 aliphatic carbocycles. The number of rotatable bonds is 5. The molecule has 1 aromatic heterocycles. The second-order valence-electron chi connectivity index (χ2n) is 5.03. The first-order valence-corrected chi connectivity index (χ1v) is 6.42. The molecule has 2 rings (SSSR count). The zero-order chi connectivity index (χ0) is 15.4. The minimum atomic E-state index is -0.364. The third-order valence-corrected chi connectivity index (χ3v) is 2.78. The Bertz CT molecular complexity index is 610. The van der Waals surface area contributed by atoms with Crippen molar-refractivity contribution in [2.75, 3.05) is 21.1 Å². The van der Waals surface area contributed by atoms with E-state index in [1.54, 1.807) is 19.2 Å². The van der Waals surface area contributed by atoms with Crippen LogP contribution in [0.25, 0.3) is 0 Å². The highest BCUT2D eigenvalue weighted by Crippen LogP contribution is 2.09. The second-order valence-corrected chi connectivity index (χ2v) is 5.03. The van der Waals surface area contributed by atoms with Crippen LogP contribution >= 0.6 is 0 Å². The van der Waals surface area contributed by atoms with E-state index in [-0.39, 0.29) is 17.6 Å². The number of carbonyl (C=O) groups excluding carboxylic acids is 1. The van der Waals surface area contributed by atoms with Crippen LogP contribution in [0.5, 0.6) is 0 Å². The predicted octanol–water partition coefficient (Wildman–Crippen LogP) is 1.54. The van der Waals surface area contributed by atoms with E-state index in [9.17, 15) is 9.18 Å². The number of aromatic nitrogens is 2. The van der Waals surface area contributed by atoms with Gasteiger partial charge in [-0.05, 0) is 31.8 Å². The first-order chi connectivity index (χ1) is 9.95. The van der Waals surface area contributed by atoms with Crippen molar-refractivity contribution in [3.05, 3.63) is 47.4 Å². The lowest BCUT2D eigenvalue weighted by atomic mass is 10.2. The standard InChI is InChI=1S/C14H17FN4O2/c1-18(2)9-12-16-17-13(21-12)14(20)19(3)8-10-4-6-11(15)7-5-10/h4-7H,8-9H2,1-3H3. The highest BCUT2D eigenvalue weighted by molar-refractivity contribution is 5.89. The number of carbonyl (C=O) groups is 1. The van der Waals surface area contributed by atoms with Gasteiger partial charge in [-0.1, -0.05) is 12.1 Å². The number of nitrogens with zero attached hydrogens (tertiary/aromatic N) is 4. The van der Waals surface area contributed by atoms with Crippen molar-refractivity contribution in [2.24, 2.45) is 0 Å². The zero-order valence-corrected chi connectivity index (χ0v) is 12.2. The van der Waals surface area contributed by atoms with Crippen LogP contribution in [0.15, 0.2) is 28.7 Å². The van der Waals surface area contributed by atoms with Crippen LogP contribution < -0.4 is 0 Å². The zero-order valence-electron chi connectivity index (χ0n) is 12.2. The van der Waals surface area contributed by atoms with Crippen LogP contribution in [0.2, 0.25) is 0 Å². The van der Waals surface area contributed by atoms with Gasteiger partial charge in [0, 0.05) is 13.6 Å². The molecule has 0 fully saturated rings. The molecule has 1 aromatic carbocycles. The fraction of sp³-hybridized carbons (Fsp3) is 0.357. The monoisotopic (exact) mass is 292 g/mol. The summed E-state index contributed by atoms with van der Waals surface area (Å²) in [4.78, 5) is 15.5. The predicted molar refractivity (Wildman–Crippen MR) is 73.9 cm³/mol. The minimum absolute atomic E-state index is 0.0449. The molecular formula is C14H17FN4O2. The Hall–Kier alpha value is -2.28. The van der Waals surface area contributed by atoms with Gasteiger partial charge in [-0.3, -0.25) is 4.79 Å². The van der Waals surface area contributed by atoms with E-state index in [1.807, 2.05) is 19.0 Å². The van der Waals surface area contributed by atoms with Gasteiger partial charge in [0.2, 0.25) is 5.89 Å². The molecule has 0 saturated carbocycles. The molecular weight excluding hydrogens is 275 g/mol. The number of hydrogen-bond donors (Lipinski definition) is 0. The summed E-state index contributed by atoms with van der Waals surface area (Å²) in [7, 11) is 5.36. The van der Waals surface area contributed by atoms with E-state index in [0.29, 0.717) is 19.0 Å². The number of hydrogen-bond acceptors (Lipinski definition) is 5. The second kappa shape index (κ2) is 6.45. The van der Waals surface area contributed by atoms with E-state index < -0.39 is 0 Å². The van der Waals surface area contributed by atoms with E-state index in [0.717, 1.165) is 5.56 Å². The first-order valence-electron chi connectivity index (χ1n) is 6.42. The van der Waals surface area contributed by atoms with E-state index in [4.69, 9.17) is 4.42 Å². The lowest BCUT2D eigenvalue weighted by molar-refractivity contribution is 0.0742. The maximum Gasteiger partial charge on any atom is 0.311 e. The molecule has 0 bridgehead atoms. The molecule has 6 nitrogen and oxygen atoms in total. The first kappa shape index (κ1) is 15.1. The molecule has 21 heavy (non-hydrogen) atoms. The molecule has 2 aromatic rings. The number of benzene rings is 1. The van der Waals surface area contributed by atoms with Gasteiger partial charge in [-0.2, -0.15) is 0 Å². The molecule has 0 radical (unpaired) electrons. The van der Waals surface area contributed by atoms with E-state index in [1.165, 1.54) is 17.0 Å². The van der Waals surface area contributed by atoms with E-state index in [2.05, 4.69) is 10.2 Å². The normalized spacial score (nSPS) is 10.9. The van der Waals surface area contributed by atoms with Gasteiger partial charge in [-0.15, -0.1) is 10.2 Å². The molecule has 0 aliphatic rings. The van der Waals surface area contributed by atoms with Crippen LogP contribution in [0.1, 0.15) is 22.1 Å². The van der Waals surface area contributed by atoms with Crippen LogP contribution in [-0.2, 0) is 13.1 Å². The Morgan fingerprint density at radius 2 is 1.81 bits per heavy atom. The lowest BCUT2D eigenvalue weighted by Crippen LogP contribution is -2.26. The van der Waals surface area contributed by atoms with Crippen molar-refractivity contribution >= 4 is 5.91 Å². The van der Waals surface area contributed by atoms with Crippen molar-refractivity contribution in [3.63, 3.8) is 0 Å². The quantitative estimate of drug-likeness (QED) is 0.836. The van der Waals surface area contributed by atoms with Crippen LogP contribution in [0.3, 0.4) is 0 Å². The summed E-state index contributed by atoms with van der Waals surface area (Å²) in [6.45, 7) is 0.812. The summed E-state index contributed by atoms with van der Waals surface area (Å²) in [6.07, 6.45) is 0. The van der Waals surface area contributed by atoms with Gasteiger partial charge in [-0.25, -0.2) is 4.39 Å². The van der Waals surface area contributed by atoms with Crippen LogP contribution in [0, 0.1) is 5.82 Å². The van der Waals surface area contributed by atoms with Gasteiger partial charge in [0.05, 0.1) is 6.54 Å². The van der Waals surface area contributed by atoms with Gasteiger partial charge < -0.3 is 14.2 Å². The van der Waals surface area contributed by atoms with Crippen LogP contribution in [-0.4, -0.2) is 47.0 Å². The Balaban J connectivity index is 2.01. The molecule has 0 spiro atoms. The molecule has 1 heterocycles. The molecule has 0 aliphatic heterocycles. The molecule has 0 saturated heterocycles. The number of amides is 1. The smallest absolute Gasteiger partial charge is 0.311 e. The van der Waals surface area contributed by atoms with Crippen molar-refractivity contribution in [2.45, 2.75) is 13.1 Å². The Kier molecular flexibility index (Phi) is 4.64. The van der Waals surface area contributed by atoms with Crippen molar-refractivity contribution in [1.82, 2.24) is 20.0 Å². The molecule has 0 atom stereocenters. The highest BCUT2D eigenvalue weighted by Gasteiger charge is 2.19. The molecule has 1 amide bonds. The molecule has 112 valence electrons. The molecule has 0 unspecified atom stereocenters. The number of halogens is 1. The topological polar surface area (TPSA) is 62.5 Å². The Labute approximate surface area is 122 Å². The third-order valence-electron chi connectivity index (χ3n) is 2.78. The lowest BCUT2D eigenvalue weighted by Gasteiger charge is -2.14. The maximum atomic E-state index is 12.8. The summed E-state index contributed by atoms with van der Waals surface area (Å²) in [6, 6.07) is 5.97. The Morgan fingerprint density at radius 1 is 1.14 bits per heavy atom. The van der Waals surface area contributed by atoms with E-state index >= 15 is 0 Å². The molecule has 7 heteroatoms. The summed E-state index contributed by atoms with van der Waals surface area (Å²) in [5.74, 6) is -0.329. The molecule has 0 N–H and O–H groups in total. The summed E-state index contributed by atoms with van der Waals surface area (Å²) in [5, 5.41) is 7.57. The third kappa shape index (κ3) is 4.09.